The molecule has 0 aromatic heterocycles. The van der Waals surface area contributed by atoms with E-state index in [9.17, 15) is 18.0 Å². The number of amides is 2. The number of carbonyl (C=O) groups excluding carboxylic acids is 2. The Kier molecular flexibility index (Phi) is 10.8. The summed E-state index contributed by atoms with van der Waals surface area (Å²) in [6, 6.07) is 20.9. The van der Waals surface area contributed by atoms with E-state index in [1.165, 1.54) is 16.3 Å². The summed E-state index contributed by atoms with van der Waals surface area (Å²) in [5.41, 5.74) is 2.89. The summed E-state index contributed by atoms with van der Waals surface area (Å²) in [7, 11) is -2.05. The SMILES string of the molecule is CNC(=O)[C@@H](Cc1ccccc1)N(Cc1c(Cl)cccc1Cl)C(=O)CCCN(c1cccc(C)c1)S(C)(=O)=O. The van der Waals surface area contributed by atoms with Crippen LogP contribution in [0.1, 0.15) is 29.5 Å². The van der Waals surface area contributed by atoms with E-state index in [0.29, 0.717) is 21.3 Å². The fourth-order valence-electron chi connectivity index (χ4n) is 4.36. The summed E-state index contributed by atoms with van der Waals surface area (Å²) in [5.74, 6) is -0.638. The topological polar surface area (TPSA) is 86.8 Å². The summed E-state index contributed by atoms with van der Waals surface area (Å²) in [6.07, 6.45) is 1.69. The zero-order valence-electron chi connectivity index (χ0n) is 22.2. The second kappa shape index (κ2) is 13.8. The van der Waals surface area contributed by atoms with E-state index in [2.05, 4.69) is 5.32 Å². The van der Waals surface area contributed by atoms with Crippen molar-refractivity contribution in [2.75, 3.05) is 24.2 Å². The van der Waals surface area contributed by atoms with Crippen LogP contribution in [-0.2, 0) is 32.6 Å². The lowest BCUT2D eigenvalue weighted by Crippen LogP contribution is -2.50. The summed E-state index contributed by atoms with van der Waals surface area (Å²) >= 11 is 12.9. The molecule has 1 N–H and O–H groups in total. The average molecular weight is 591 g/mol. The molecule has 3 rings (SSSR count). The molecule has 7 nitrogen and oxygen atoms in total. The van der Waals surface area contributed by atoms with E-state index in [0.717, 1.165) is 17.4 Å². The highest BCUT2D eigenvalue weighted by Gasteiger charge is 2.31. The highest BCUT2D eigenvalue weighted by Crippen LogP contribution is 2.28. The first kappa shape index (κ1) is 30.5. The monoisotopic (exact) mass is 589 g/mol. The minimum Gasteiger partial charge on any atom is -0.357 e. The Hall–Kier alpha value is -3.07. The Morgan fingerprint density at radius 2 is 1.59 bits per heavy atom. The van der Waals surface area contributed by atoms with Gasteiger partial charge in [0.2, 0.25) is 21.8 Å². The maximum absolute atomic E-state index is 13.7. The van der Waals surface area contributed by atoms with E-state index in [1.54, 1.807) is 36.4 Å². The predicted molar refractivity (Wildman–Crippen MR) is 158 cm³/mol. The molecule has 0 bridgehead atoms. The number of halogens is 2. The van der Waals surface area contributed by atoms with Crippen LogP contribution in [0.4, 0.5) is 5.69 Å². The van der Waals surface area contributed by atoms with Crippen molar-refractivity contribution < 1.29 is 18.0 Å². The summed E-state index contributed by atoms with van der Waals surface area (Å²) in [4.78, 5) is 28.3. The van der Waals surface area contributed by atoms with Crippen LogP contribution in [0.25, 0.3) is 0 Å². The molecule has 2 amide bonds. The molecule has 0 saturated carbocycles. The summed E-state index contributed by atoms with van der Waals surface area (Å²) in [5, 5.41) is 3.45. The molecule has 0 spiro atoms. The molecule has 0 radical (unpaired) electrons. The fourth-order valence-corrected chi connectivity index (χ4v) is 5.84. The van der Waals surface area contributed by atoms with Crippen molar-refractivity contribution in [2.45, 2.75) is 38.8 Å². The van der Waals surface area contributed by atoms with Gasteiger partial charge in [-0.2, -0.15) is 0 Å². The maximum atomic E-state index is 13.7. The molecule has 0 saturated heterocycles. The van der Waals surface area contributed by atoms with Gasteiger partial charge in [-0.1, -0.05) is 71.7 Å². The number of benzene rings is 3. The molecule has 0 unspecified atom stereocenters. The molecule has 0 heterocycles. The van der Waals surface area contributed by atoms with Gasteiger partial charge in [0, 0.05) is 48.6 Å². The molecule has 0 fully saturated rings. The van der Waals surface area contributed by atoms with E-state index in [4.69, 9.17) is 23.2 Å². The minimum absolute atomic E-state index is 0.0161. The number of hydrogen-bond acceptors (Lipinski definition) is 4. The van der Waals surface area contributed by atoms with Gasteiger partial charge in [0.1, 0.15) is 6.04 Å². The molecule has 3 aromatic rings. The molecule has 0 aliphatic rings. The lowest BCUT2D eigenvalue weighted by Gasteiger charge is -2.32. The maximum Gasteiger partial charge on any atom is 0.242 e. The van der Waals surface area contributed by atoms with Crippen LogP contribution in [0, 0.1) is 6.92 Å². The first-order valence-corrected chi connectivity index (χ1v) is 15.1. The number of carbonyl (C=O) groups is 2. The highest BCUT2D eigenvalue weighted by molar-refractivity contribution is 7.92. The first-order valence-electron chi connectivity index (χ1n) is 12.5. The molecule has 0 aliphatic carbocycles. The molecular weight excluding hydrogens is 557 g/mol. The summed E-state index contributed by atoms with van der Waals surface area (Å²) < 4.78 is 26.4. The molecule has 208 valence electrons. The van der Waals surface area contributed by atoms with Gasteiger partial charge in [0.05, 0.1) is 11.9 Å². The number of sulfonamides is 1. The molecule has 0 aliphatic heterocycles. The summed E-state index contributed by atoms with van der Waals surface area (Å²) in [6.45, 7) is 2.02. The van der Waals surface area contributed by atoms with E-state index >= 15 is 0 Å². The van der Waals surface area contributed by atoms with Gasteiger partial charge in [0.15, 0.2) is 0 Å². The minimum atomic E-state index is -3.58. The number of rotatable bonds is 12. The number of nitrogens with one attached hydrogen (secondary N) is 1. The third kappa shape index (κ3) is 8.46. The van der Waals surface area contributed by atoms with Crippen LogP contribution in [0.15, 0.2) is 72.8 Å². The normalized spacial score (nSPS) is 12.0. The van der Waals surface area contributed by atoms with Crippen LogP contribution >= 0.6 is 23.2 Å². The zero-order chi connectivity index (χ0) is 28.6. The number of hydrogen-bond donors (Lipinski definition) is 1. The average Bonchev–Trinajstić information content (AvgIpc) is 2.89. The Morgan fingerprint density at radius 3 is 2.18 bits per heavy atom. The Balaban J connectivity index is 1.89. The molecule has 10 heteroatoms. The van der Waals surface area contributed by atoms with Crippen molar-refractivity contribution in [1.82, 2.24) is 10.2 Å². The van der Waals surface area contributed by atoms with E-state index < -0.39 is 16.1 Å². The number of anilines is 1. The van der Waals surface area contributed by atoms with Gasteiger partial charge in [-0.25, -0.2) is 8.42 Å². The molecule has 39 heavy (non-hydrogen) atoms. The predicted octanol–water partition coefficient (Wildman–Crippen LogP) is 5.23. The zero-order valence-corrected chi connectivity index (χ0v) is 24.6. The third-order valence-corrected chi connectivity index (χ3v) is 8.25. The first-order chi connectivity index (χ1) is 18.5. The van der Waals surface area contributed by atoms with Gasteiger partial charge in [-0.3, -0.25) is 13.9 Å². The Bertz CT molecular complexity index is 1380. The molecular formula is C29H33Cl2N3O4S. The number of nitrogens with zero attached hydrogens (tertiary/aromatic N) is 2. The largest absolute Gasteiger partial charge is 0.357 e. The van der Waals surface area contributed by atoms with Gasteiger partial charge in [-0.15, -0.1) is 0 Å². The Labute approximate surface area is 240 Å². The van der Waals surface area contributed by atoms with Crippen molar-refractivity contribution in [1.29, 1.82) is 0 Å². The smallest absolute Gasteiger partial charge is 0.242 e. The van der Waals surface area contributed by atoms with Crippen molar-refractivity contribution in [2.24, 2.45) is 0 Å². The van der Waals surface area contributed by atoms with E-state index in [1.807, 2.05) is 43.3 Å². The van der Waals surface area contributed by atoms with Gasteiger partial charge < -0.3 is 10.2 Å². The second-order valence-electron chi connectivity index (χ2n) is 9.32. The van der Waals surface area contributed by atoms with Crippen LogP contribution in [0.2, 0.25) is 10.0 Å². The third-order valence-electron chi connectivity index (χ3n) is 6.35. The quantitative estimate of drug-likeness (QED) is 0.313. The van der Waals surface area contributed by atoms with Crippen molar-refractivity contribution in [3.05, 3.63) is 99.5 Å². The van der Waals surface area contributed by atoms with Gasteiger partial charge in [0.25, 0.3) is 0 Å². The van der Waals surface area contributed by atoms with Crippen LogP contribution in [-0.4, -0.2) is 51.0 Å². The van der Waals surface area contributed by atoms with Crippen LogP contribution in [0.5, 0.6) is 0 Å². The lowest BCUT2D eigenvalue weighted by atomic mass is 10.0. The second-order valence-corrected chi connectivity index (χ2v) is 12.0. The fraction of sp³-hybridized carbons (Fsp3) is 0.310. The van der Waals surface area contributed by atoms with Crippen molar-refractivity contribution in [3.8, 4) is 0 Å². The highest BCUT2D eigenvalue weighted by atomic mass is 35.5. The molecule has 1 atom stereocenters. The standard InChI is InChI=1S/C29H33Cl2N3O4S/c1-21-10-7-13-23(18-21)34(39(3,37)38)17-9-16-28(35)33(20-24-25(30)14-8-15-26(24)31)27(29(36)32-2)19-22-11-5-4-6-12-22/h4-8,10-15,18,27H,9,16-17,19-20H2,1-3H3,(H,32,36)/t27-/m1/s1. The lowest BCUT2D eigenvalue weighted by molar-refractivity contribution is -0.141. The van der Waals surface area contributed by atoms with Crippen LogP contribution in [0.3, 0.4) is 0 Å². The molecule has 3 aromatic carbocycles. The number of likely N-dealkylation sites (N-methyl/N-ethyl adjacent to an activating group) is 1. The number of aryl methyl sites for hydroxylation is 1. The van der Waals surface area contributed by atoms with Crippen LogP contribution < -0.4 is 9.62 Å². The van der Waals surface area contributed by atoms with E-state index in [-0.39, 0.29) is 44.2 Å². The van der Waals surface area contributed by atoms with Gasteiger partial charge >= 0.3 is 0 Å². The van der Waals surface area contributed by atoms with Crippen molar-refractivity contribution in [3.63, 3.8) is 0 Å². The Morgan fingerprint density at radius 1 is 0.949 bits per heavy atom. The van der Waals surface area contributed by atoms with Crippen molar-refractivity contribution >= 4 is 50.7 Å². The van der Waals surface area contributed by atoms with Gasteiger partial charge in [-0.05, 0) is 48.7 Å².